The fraction of sp³-hybridized carbons (Fsp3) is 0.615. The molecule has 1 aliphatic carbocycles. The summed E-state index contributed by atoms with van der Waals surface area (Å²) in [5.74, 6) is 0.830. The van der Waals surface area contributed by atoms with Crippen LogP contribution in [0.4, 0.5) is 4.39 Å². The van der Waals surface area contributed by atoms with Crippen molar-refractivity contribution in [2.24, 2.45) is 5.92 Å². The smallest absolute Gasteiger partial charge is 0.213 e. The van der Waals surface area contributed by atoms with Gasteiger partial charge in [-0.2, -0.15) is 0 Å². The van der Waals surface area contributed by atoms with Gasteiger partial charge in [0, 0.05) is 12.7 Å². The van der Waals surface area contributed by atoms with Gasteiger partial charge in [0.05, 0.1) is 13.3 Å². The maximum atomic E-state index is 13.7. The summed E-state index contributed by atoms with van der Waals surface area (Å²) < 4.78 is 18.7. The number of aliphatic hydroxyl groups is 1. The van der Waals surface area contributed by atoms with Gasteiger partial charge in [0.15, 0.2) is 0 Å². The first-order valence-corrected chi connectivity index (χ1v) is 6.05. The number of hydrogen-bond donors (Lipinski definition) is 1. The van der Waals surface area contributed by atoms with Crippen molar-refractivity contribution >= 4 is 0 Å². The maximum Gasteiger partial charge on any atom is 0.213 e. The van der Waals surface area contributed by atoms with Gasteiger partial charge in [0.2, 0.25) is 5.88 Å². The monoisotopic (exact) mass is 239 g/mol. The lowest BCUT2D eigenvalue weighted by molar-refractivity contribution is 0.181. The van der Waals surface area contributed by atoms with Crippen LogP contribution in [0.1, 0.15) is 37.2 Å². The van der Waals surface area contributed by atoms with Crippen LogP contribution in [0.5, 0.6) is 5.88 Å². The Labute approximate surface area is 101 Å². The van der Waals surface area contributed by atoms with Gasteiger partial charge in [0.1, 0.15) is 5.82 Å². The Morgan fingerprint density at radius 1 is 1.41 bits per heavy atom. The van der Waals surface area contributed by atoms with Crippen LogP contribution in [0.25, 0.3) is 0 Å². The number of nitrogens with zero attached hydrogens (tertiary/aromatic N) is 1. The molecular formula is C13H18FNO2. The van der Waals surface area contributed by atoms with Crippen LogP contribution >= 0.6 is 0 Å². The summed E-state index contributed by atoms with van der Waals surface area (Å²) >= 11 is 0. The molecule has 1 aromatic heterocycles. The van der Waals surface area contributed by atoms with E-state index in [-0.39, 0.29) is 18.3 Å². The number of hydrogen-bond acceptors (Lipinski definition) is 3. The molecule has 4 heteroatoms. The highest BCUT2D eigenvalue weighted by molar-refractivity contribution is 5.26. The second-order valence-electron chi connectivity index (χ2n) is 4.65. The molecule has 0 radical (unpaired) electrons. The average molecular weight is 239 g/mol. The molecule has 94 valence electrons. The summed E-state index contributed by atoms with van der Waals surface area (Å²) in [5.41, 5.74) is 0.702. The number of aromatic nitrogens is 1. The second kappa shape index (κ2) is 5.45. The Morgan fingerprint density at radius 3 is 2.71 bits per heavy atom. The normalized spacial score (nSPS) is 24.6. The SMILES string of the molecule is COc1cc([C@H]2CC[C@H](CO)CC2)c(F)cn1. The first-order valence-electron chi connectivity index (χ1n) is 6.05. The van der Waals surface area contributed by atoms with Gasteiger partial charge < -0.3 is 9.84 Å². The van der Waals surface area contributed by atoms with Crippen LogP contribution in [-0.2, 0) is 0 Å². The van der Waals surface area contributed by atoms with Crippen LogP contribution < -0.4 is 4.74 Å². The second-order valence-corrected chi connectivity index (χ2v) is 4.65. The lowest BCUT2D eigenvalue weighted by Crippen LogP contribution is -2.17. The summed E-state index contributed by atoms with van der Waals surface area (Å²) in [6.07, 6.45) is 5.01. The molecule has 0 amide bonds. The Kier molecular flexibility index (Phi) is 3.94. The topological polar surface area (TPSA) is 42.4 Å². The van der Waals surface area contributed by atoms with E-state index in [4.69, 9.17) is 9.84 Å². The zero-order chi connectivity index (χ0) is 12.3. The minimum Gasteiger partial charge on any atom is -0.481 e. The Hall–Kier alpha value is -1.16. The van der Waals surface area contributed by atoms with Gasteiger partial charge in [-0.1, -0.05) is 0 Å². The van der Waals surface area contributed by atoms with Gasteiger partial charge >= 0.3 is 0 Å². The molecule has 0 atom stereocenters. The molecule has 1 N–H and O–H groups in total. The molecule has 3 nitrogen and oxygen atoms in total. The molecule has 1 fully saturated rings. The molecule has 17 heavy (non-hydrogen) atoms. The summed E-state index contributed by atoms with van der Waals surface area (Å²) in [6.45, 7) is 0.245. The van der Waals surface area contributed by atoms with Gasteiger partial charge in [-0.05, 0) is 43.1 Å². The molecule has 0 spiro atoms. The molecule has 0 saturated heterocycles. The molecule has 1 saturated carbocycles. The van der Waals surface area contributed by atoms with E-state index in [0.29, 0.717) is 17.4 Å². The van der Waals surface area contributed by atoms with Crippen LogP contribution in [0.2, 0.25) is 0 Å². The van der Waals surface area contributed by atoms with Crippen molar-refractivity contribution < 1.29 is 14.2 Å². The predicted octanol–water partition coefficient (Wildman–Crippen LogP) is 2.50. The first kappa shape index (κ1) is 12.3. The number of methoxy groups -OCH3 is 1. The van der Waals surface area contributed by atoms with Crippen molar-refractivity contribution in [2.75, 3.05) is 13.7 Å². The zero-order valence-corrected chi connectivity index (χ0v) is 10.0. The highest BCUT2D eigenvalue weighted by atomic mass is 19.1. The standard InChI is InChI=1S/C13H18FNO2/c1-17-13-6-11(12(14)7-15-13)10-4-2-9(8-16)3-5-10/h6-7,9-10,16H,2-5,8H2,1H3/t9-,10-. The lowest BCUT2D eigenvalue weighted by atomic mass is 9.79. The quantitative estimate of drug-likeness (QED) is 0.881. The Morgan fingerprint density at radius 2 is 2.12 bits per heavy atom. The molecule has 0 bridgehead atoms. The third kappa shape index (κ3) is 2.75. The summed E-state index contributed by atoms with van der Waals surface area (Å²) in [4.78, 5) is 3.85. The van der Waals surface area contributed by atoms with E-state index in [9.17, 15) is 4.39 Å². The summed E-state index contributed by atoms with van der Waals surface area (Å²) in [5, 5.41) is 9.08. The minimum atomic E-state index is -0.252. The number of ether oxygens (including phenoxy) is 1. The van der Waals surface area contributed by atoms with Gasteiger partial charge in [0.25, 0.3) is 0 Å². The summed E-state index contributed by atoms with van der Waals surface area (Å²) in [6, 6.07) is 1.69. The zero-order valence-electron chi connectivity index (χ0n) is 10.0. The van der Waals surface area contributed by atoms with Crippen LogP contribution in [-0.4, -0.2) is 23.8 Å². The molecule has 0 aliphatic heterocycles. The molecule has 1 aromatic rings. The molecule has 0 aromatic carbocycles. The first-order chi connectivity index (χ1) is 8.24. The van der Waals surface area contributed by atoms with E-state index >= 15 is 0 Å². The number of aliphatic hydroxyl groups excluding tert-OH is 1. The van der Waals surface area contributed by atoms with Crippen LogP contribution in [0, 0.1) is 11.7 Å². The number of halogens is 1. The fourth-order valence-corrected chi connectivity index (χ4v) is 2.51. The van der Waals surface area contributed by atoms with E-state index in [0.717, 1.165) is 25.7 Å². The largest absolute Gasteiger partial charge is 0.481 e. The van der Waals surface area contributed by atoms with E-state index in [1.54, 1.807) is 6.07 Å². The van der Waals surface area contributed by atoms with Gasteiger partial charge in [-0.3, -0.25) is 0 Å². The maximum absolute atomic E-state index is 13.7. The van der Waals surface area contributed by atoms with Crippen molar-refractivity contribution in [1.82, 2.24) is 4.98 Å². The van der Waals surface area contributed by atoms with Gasteiger partial charge in [-0.15, -0.1) is 0 Å². The predicted molar refractivity (Wildman–Crippen MR) is 62.5 cm³/mol. The number of rotatable bonds is 3. The van der Waals surface area contributed by atoms with Crippen molar-refractivity contribution in [2.45, 2.75) is 31.6 Å². The Balaban J connectivity index is 2.12. The molecule has 0 unspecified atom stereocenters. The van der Waals surface area contributed by atoms with Gasteiger partial charge in [-0.25, -0.2) is 9.37 Å². The van der Waals surface area contributed by atoms with Crippen molar-refractivity contribution in [3.63, 3.8) is 0 Å². The van der Waals surface area contributed by atoms with E-state index in [2.05, 4.69) is 4.98 Å². The molecule has 1 heterocycles. The van der Waals surface area contributed by atoms with E-state index in [1.807, 2.05) is 0 Å². The highest BCUT2D eigenvalue weighted by Gasteiger charge is 2.24. The van der Waals surface area contributed by atoms with E-state index in [1.165, 1.54) is 13.3 Å². The van der Waals surface area contributed by atoms with Crippen molar-refractivity contribution in [3.05, 3.63) is 23.6 Å². The van der Waals surface area contributed by atoms with Crippen LogP contribution in [0.3, 0.4) is 0 Å². The summed E-state index contributed by atoms with van der Waals surface area (Å²) in [7, 11) is 1.53. The van der Waals surface area contributed by atoms with Crippen LogP contribution in [0.15, 0.2) is 12.3 Å². The molecule has 1 aliphatic rings. The highest BCUT2D eigenvalue weighted by Crippen LogP contribution is 2.37. The third-order valence-electron chi connectivity index (χ3n) is 3.61. The minimum absolute atomic E-state index is 0.231. The lowest BCUT2D eigenvalue weighted by Gasteiger charge is -2.27. The fourth-order valence-electron chi connectivity index (χ4n) is 2.51. The third-order valence-corrected chi connectivity index (χ3v) is 3.61. The molecular weight excluding hydrogens is 221 g/mol. The van der Waals surface area contributed by atoms with Crippen molar-refractivity contribution in [3.8, 4) is 5.88 Å². The van der Waals surface area contributed by atoms with Crippen molar-refractivity contribution in [1.29, 1.82) is 0 Å². The molecule has 2 rings (SSSR count). The Bertz CT molecular complexity index is 376. The number of pyridine rings is 1. The van der Waals surface area contributed by atoms with E-state index < -0.39 is 0 Å². The average Bonchev–Trinajstić information content (AvgIpc) is 2.39.